The van der Waals surface area contributed by atoms with E-state index in [2.05, 4.69) is 41.5 Å². The van der Waals surface area contributed by atoms with Gasteiger partial charge in [0.25, 0.3) is 0 Å². The zero-order valence-corrected chi connectivity index (χ0v) is 30.0. The Morgan fingerprint density at radius 2 is 1.23 bits per heavy atom. The van der Waals surface area contributed by atoms with Crippen molar-refractivity contribution >= 4 is 17.7 Å². The first-order valence-corrected chi connectivity index (χ1v) is 17.4. The molecule has 2 heterocycles. The van der Waals surface area contributed by atoms with Crippen LogP contribution in [0.5, 0.6) is 0 Å². The number of ether oxygens (including phenoxy) is 2. The van der Waals surface area contributed by atoms with Gasteiger partial charge in [-0.25, -0.2) is 9.59 Å². The summed E-state index contributed by atoms with van der Waals surface area (Å²) in [5.74, 6) is -0.460. The summed E-state index contributed by atoms with van der Waals surface area (Å²) in [5.41, 5.74) is 6.77. The van der Waals surface area contributed by atoms with E-state index in [1.807, 2.05) is 103 Å². The topological polar surface area (TPSA) is 109 Å². The largest absolute Gasteiger partial charge is 0.465 e. The fraction of sp³-hybridized carbons (Fsp3) is 0.163. The summed E-state index contributed by atoms with van der Waals surface area (Å²) in [6.45, 7) is 3.74. The molecule has 0 N–H and O–H groups in total. The Morgan fingerprint density at radius 1 is 0.717 bits per heavy atom. The molecule has 1 aliphatic heterocycles. The van der Waals surface area contributed by atoms with Gasteiger partial charge in [0.1, 0.15) is 17.0 Å². The van der Waals surface area contributed by atoms with Crippen molar-refractivity contribution in [2.24, 2.45) is 5.10 Å². The Hall–Kier alpha value is -6.52. The van der Waals surface area contributed by atoms with E-state index < -0.39 is 17.5 Å². The van der Waals surface area contributed by atoms with Crippen LogP contribution in [0.15, 0.2) is 156 Å². The summed E-state index contributed by atoms with van der Waals surface area (Å²) in [6.07, 6.45) is 0. The molecule has 0 radical (unpaired) electrons. The van der Waals surface area contributed by atoms with Gasteiger partial charge in [0.05, 0.1) is 20.8 Å². The van der Waals surface area contributed by atoms with Crippen molar-refractivity contribution in [2.45, 2.75) is 19.4 Å². The number of allylic oxidation sites excluding steroid dienone is 1. The third-order valence-electron chi connectivity index (χ3n) is 9.70. The number of nitrogens with zero attached hydrogens (tertiary/aromatic N) is 6. The minimum atomic E-state index is -0.906. The number of tetrazole rings is 1. The molecule has 53 heavy (non-hydrogen) atoms. The average molecular weight is 704 g/mol. The first-order chi connectivity index (χ1) is 25.8. The summed E-state index contributed by atoms with van der Waals surface area (Å²) in [6, 6.07) is 46.4. The molecule has 0 amide bonds. The molecule has 0 bridgehead atoms. The molecule has 0 aliphatic carbocycles. The number of aromatic nitrogens is 4. The Bertz CT molecular complexity index is 2220. The van der Waals surface area contributed by atoms with E-state index in [0.29, 0.717) is 28.4 Å². The lowest BCUT2D eigenvalue weighted by Crippen LogP contribution is -2.40. The van der Waals surface area contributed by atoms with Crippen LogP contribution in [-0.2, 0) is 24.6 Å². The molecule has 264 valence electrons. The second-order valence-corrected chi connectivity index (χ2v) is 12.8. The highest BCUT2D eigenvalue weighted by Crippen LogP contribution is 2.40. The SMILES string of the molecule is CCOC(=O)C[N+]1(C)N=C(c2ccc(-c3ccccc3-c3nnn(C(c4ccccc4)(c4ccccc4)c4ccccc4)n3)cc2)C(C(=O)OC)=C1C. The molecule has 5 aromatic carbocycles. The Kier molecular flexibility index (Phi) is 9.62. The molecule has 10 nitrogen and oxygen atoms in total. The van der Waals surface area contributed by atoms with Crippen LogP contribution >= 0.6 is 0 Å². The molecule has 1 atom stereocenters. The van der Waals surface area contributed by atoms with E-state index in [9.17, 15) is 9.59 Å². The molecular weight excluding hydrogens is 665 g/mol. The highest BCUT2D eigenvalue weighted by Gasteiger charge is 2.44. The first-order valence-electron chi connectivity index (χ1n) is 17.4. The number of likely N-dealkylation sites (N-methyl/N-ethyl adjacent to an activating group) is 1. The lowest BCUT2D eigenvalue weighted by molar-refractivity contribution is -0.869. The molecule has 0 saturated carbocycles. The quantitative estimate of drug-likeness (QED) is 0.0811. The summed E-state index contributed by atoms with van der Waals surface area (Å²) in [4.78, 5) is 27.3. The first kappa shape index (κ1) is 34.9. The van der Waals surface area contributed by atoms with Gasteiger partial charge in [-0.15, -0.1) is 15.0 Å². The lowest BCUT2D eigenvalue weighted by Gasteiger charge is -2.34. The van der Waals surface area contributed by atoms with Crippen LogP contribution in [0.1, 0.15) is 36.1 Å². The lowest BCUT2D eigenvalue weighted by atomic mass is 9.77. The van der Waals surface area contributed by atoms with E-state index in [4.69, 9.17) is 24.9 Å². The Morgan fingerprint density at radius 3 is 1.75 bits per heavy atom. The van der Waals surface area contributed by atoms with Gasteiger partial charge in [0.2, 0.25) is 12.4 Å². The molecule has 1 aromatic heterocycles. The maximum atomic E-state index is 13.0. The van der Waals surface area contributed by atoms with Crippen LogP contribution < -0.4 is 0 Å². The van der Waals surface area contributed by atoms with Crippen LogP contribution in [0.3, 0.4) is 0 Å². The zero-order valence-electron chi connectivity index (χ0n) is 30.0. The Balaban J connectivity index is 1.30. The highest BCUT2D eigenvalue weighted by molar-refractivity contribution is 6.27. The fourth-order valence-electron chi connectivity index (χ4n) is 7.00. The fourth-order valence-corrected chi connectivity index (χ4v) is 7.00. The number of hydrogen-bond donors (Lipinski definition) is 0. The predicted octanol–water partition coefficient (Wildman–Crippen LogP) is 7.02. The van der Waals surface area contributed by atoms with Gasteiger partial charge in [0, 0.05) is 18.1 Å². The van der Waals surface area contributed by atoms with Crippen LogP contribution in [0.25, 0.3) is 22.5 Å². The maximum Gasteiger partial charge on any atom is 0.364 e. The van der Waals surface area contributed by atoms with Gasteiger partial charge in [0.15, 0.2) is 5.54 Å². The molecule has 0 fully saturated rings. The standard InChI is InChI=1S/C43H39N6O4/c1-5-53-38(50)29-49(3)30(2)39(42(51)52-4)40(46-49)32-27-25-31(26-28-32)36-23-15-16-24-37(36)41-44-47-48(45-41)43(33-17-9-6-10-18-33,34-19-11-7-12-20-34)35-21-13-8-14-22-35/h6-28H,5,29H2,1-4H3/q+1. The van der Waals surface area contributed by atoms with Crippen molar-refractivity contribution in [1.82, 2.24) is 20.2 Å². The van der Waals surface area contributed by atoms with E-state index in [-0.39, 0.29) is 17.7 Å². The molecule has 1 aliphatic rings. The summed E-state index contributed by atoms with van der Waals surface area (Å²) >= 11 is 0. The van der Waals surface area contributed by atoms with Gasteiger partial charge in [-0.1, -0.05) is 145 Å². The summed E-state index contributed by atoms with van der Waals surface area (Å²) in [5, 5.41) is 19.4. The van der Waals surface area contributed by atoms with Crippen molar-refractivity contribution in [3.05, 3.63) is 173 Å². The number of benzene rings is 5. The number of carbonyl (C=O) groups excluding carboxylic acids is 2. The molecule has 1 unspecified atom stereocenters. The normalized spacial score (nSPS) is 15.6. The molecule has 7 rings (SSSR count). The van der Waals surface area contributed by atoms with Crippen molar-refractivity contribution < 1.29 is 23.7 Å². The highest BCUT2D eigenvalue weighted by atomic mass is 16.5. The van der Waals surface area contributed by atoms with Crippen molar-refractivity contribution in [1.29, 1.82) is 0 Å². The third-order valence-corrected chi connectivity index (χ3v) is 9.70. The van der Waals surface area contributed by atoms with Gasteiger partial charge >= 0.3 is 11.9 Å². The van der Waals surface area contributed by atoms with Crippen molar-refractivity contribution in [2.75, 3.05) is 27.3 Å². The monoisotopic (exact) mass is 703 g/mol. The number of hydrogen-bond acceptors (Lipinski definition) is 8. The van der Waals surface area contributed by atoms with E-state index >= 15 is 0 Å². The van der Waals surface area contributed by atoms with Gasteiger partial charge in [-0.3, -0.25) is 0 Å². The smallest absolute Gasteiger partial charge is 0.364 e. The average Bonchev–Trinajstić information content (AvgIpc) is 3.79. The number of carbonyl (C=O) groups is 2. The third kappa shape index (κ3) is 6.34. The second-order valence-electron chi connectivity index (χ2n) is 12.8. The van der Waals surface area contributed by atoms with Gasteiger partial charge in [-0.2, -0.15) is 4.59 Å². The minimum Gasteiger partial charge on any atom is -0.465 e. The minimum absolute atomic E-state index is 0.0527. The van der Waals surface area contributed by atoms with Crippen LogP contribution in [-0.4, -0.2) is 69.8 Å². The molecule has 0 saturated heterocycles. The summed E-state index contributed by atoms with van der Waals surface area (Å²) in [7, 11) is 3.11. The van der Waals surface area contributed by atoms with Crippen LogP contribution in [0.4, 0.5) is 0 Å². The van der Waals surface area contributed by atoms with E-state index in [1.54, 1.807) is 25.7 Å². The van der Waals surface area contributed by atoms with Crippen molar-refractivity contribution in [3.63, 3.8) is 0 Å². The Labute approximate surface area is 308 Å². The van der Waals surface area contributed by atoms with Crippen LogP contribution in [0, 0.1) is 0 Å². The van der Waals surface area contributed by atoms with Gasteiger partial charge in [-0.05, 0) is 40.0 Å². The number of rotatable bonds is 11. The number of esters is 2. The van der Waals surface area contributed by atoms with Crippen LogP contribution in [0.2, 0.25) is 0 Å². The summed E-state index contributed by atoms with van der Waals surface area (Å²) < 4.78 is 10.2. The number of methoxy groups -OCH3 is 1. The molecule has 6 aromatic rings. The maximum absolute atomic E-state index is 13.0. The molecular formula is C43H39N6O4+. The molecule has 0 spiro atoms. The second kappa shape index (κ2) is 14.6. The van der Waals surface area contributed by atoms with Gasteiger partial charge < -0.3 is 9.47 Å². The zero-order chi connectivity index (χ0) is 37.0. The van der Waals surface area contributed by atoms with E-state index in [1.165, 1.54) is 7.11 Å². The van der Waals surface area contributed by atoms with E-state index in [0.717, 1.165) is 33.4 Å². The van der Waals surface area contributed by atoms with Crippen molar-refractivity contribution in [3.8, 4) is 22.5 Å². The predicted molar refractivity (Wildman–Crippen MR) is 202 cm³/mol. The number of quaternary nitrogens is 1. The molecule has 10 heteroatoms.